The average molecular weight is 648 g/mol. The second-order valence-corrected chi connectivity index (χ2v) is 11.6. The second-order valence-electron chi connectivity index (χ2n) is 10.4. The largest absolute Gasteiger partial charge is 0.470 e. The first kappa shape index (κ1) is 35.7. The number of nitrogens with one attached hydrogen (secondary N) is 1. The normalized spacial score (nSPS) is 43.7. The summed E-state index contributed by atoms with van der Waals surface area (Å²) in [6.07, 6.45) is -16.6. The Hall–Kier alpha value is -1.79. The van der Waals surface area contributed by atoms with Gasteiger partial charge in [-0.05, 0) is 14.0 Å². The van der Waals surface area contributed by atoms with Crippen molar-refractivity contribution in [2.24, 2.45) is 38.8 Å². The molecule has 2 aliphatic heterocycles. The predicted molar refractivity (Wildman–Crippen MR) is 143 cm³/mol. The number of phosphoric ester groups is 1. The molecule has 0 aromatic carbocycles. The average Bonchev–Trinajstić information content (AvgIpc) is 3.21. The smallest absolute Gasteiger partial charge is 0.396 e. The van der Waals surface area contributed by atoms with Gasteiger partial charge in [-0.15, -0.1) is 0 Å². The first-order valence-electron chi connectivity index (χ1n) is 13.2. The maximum absolute atomic E-state index is 11.6. The summed E-state index contributed by atoms with van der Waals surface area (Å²) >= 11 is 0. The van der Waals surface area contributed by atoms with Crippen LogP contribution < -0.4 is 28.3 Å². The fraction of sp³-hybridized carbons (Fsp3) is 0.905. The lowest BCUT2D eigenvalue weighted by Gasteiger charge is -2.46. The molecule has 1 saturated carbocycles. The van der Waals surface area contributed by atoms with Gasteiger partial charge in [-0.2, -0.15) is 0 Å². The quantitative estimate of drug-likeness (QED) is 0.0562. The second kappa shape index (κ2) is 14.5. The maximum Gasteiger partial charge on any atom is 0.470 e. The molecular weight excluding hydrogens is 605 g/mol. The van der Waals surface area contributed by atoms with Crippen molar-refractivity contribution >= 4 is 19.7 Å². The van der Waals surface area contributed by atoms with Crippen molar-refractivity contribution in [1.82, 2.24) is 5.32 Å². The summed E-state index contributed by atoms with van der Waals surface area (Å²) in [7, 11) is -3.79. The number of ether oxygens (including phenoxy) is 4. The minimum Gasteiger partial charge on any atom is -0.396 e. The van der Waals surface area contributed by atoms with E-state index in [9.17, 15) is 45.0 Å². The molecule has 0 aromatic rings. The lowest BCUT2D eigenvalue weighted by atomic mass is 9.81. The van der Waals surface area contributed by atoms with Gasteiger partial charge in [0.15, 0.2) is 24.5 Å². The Balaban J connectivity index is 1.95. The van der Waals surface area contributed by atoms with Crippen LogP contribution in [0.3, 0.4) is 0 Å². The molecule has 15 atom stereocenters. The third kappa shape index (κ3) is 8.09. The summed E-state index contributed by atoms with van der Waals surface area (Å²) in [6.45, 7) is 0.251. The van der Waals surface area contributed by atoms with E-state index in [-0.39, 0.29) is 0 Å². The van der Waals surface area contributed by atoms with Crippen molar-refractivity contribution in [2.45, 2.75) is 92.6 Å². The Bertz CT molecular complexity index is 1030. The molecule has 1 aliphatic carbocycles. The molecule has 250 valence electrons. The van der Waals surface area contributed by atoms with E-state index < -0.39 is 125 Å². The number of guanidine groups is 2. The van der Waals surface area contributed by atoms with Gasteiger partial charge < -0.3 is 87.6 Å². The number of hydrogen-bond acceptors (Lipinski definition) is 15. The maximum atomic E-state index is 11.6. The molecular formula is C21H42N7O14P. The van der Waals surface area contributed by atoms with Gasteiger partial charge in [-0.1, -0.05) is 0 Å². The number of likely N-dealkylation sites (N-methyl/N-ethyl adjacent to an activating group) is 1. The third-order valence-corrected chi connectivity index (χ3v) is 8.07. The van der Waals surface area contributed by atoms with Crippen molar-refractivity contribution in [1.29, 1.82) is 0 Å². The molecule has 0 amide bonds. The zero-order valence-corrected chi connectivity index (χ0v) is 24.1. The van der Waals surface area contributed by atoms with Gasteiger partial charge in [-0.25, -0.2) is 14.5 Å². The zero-order valence-electron chi connectivity index (χ0n) is 23.3. The molecule has 2 saturated heterocycles. The molecule has 0 spiro atoms. The number of nitrogens with zero attached hydrogens (tertiary/aromatic N) is 2. The Morgan fingerprint density at radius 3 is 1.91 bits per heavy atom. The van der Waals surface area contributed by atoms with Crippen LogP contribution in [0.5, 0.6) is 0 Å². The molecule has 17 N–H and O–H groups in total. The number of aliphatic hydroxyl groups is 6. The van der Waals surface area contributed by atoms with E-state index in [1.165, 1.54) is 7.05 Å². The van der Waals surface area contributed by atoms with Crippen LogP contribution in [0.25, 0.3) is 0 Å². The highest BCUT2D eigenvalue weighted by Crippen LogP contribution is 2.42. The van der Waals surface area contributed by atoms with Gasteiger partial charge in [0.05, 0.1) is 25.4 Å². The highest BCUT2D eigenvalue weighted by Gasteiger charge is 2.56. The Morgan fingerprint density at radius 1 is 0.814 bits per heavy atom. The zero-order chi connectivity index (χ0) is 32.4. The fourth-order valence-corrected chi connectivity index (χ4v) is 6.04. The molecule has 0 aromatic heterocycles. The van der Waals surface area contributed by atoms with Crippen molar-refractivity contribution in [3.8, 4) is 0 Å². The van der Waals surface area contributed by atoms with E-state index in [2.05, 4.69) is 15.3 Å². The molecule has 0 bridgehead atoms. The van der Waals surface area contributed by atoms with Crippen molar-refractivity contribution < 1.29 is 68.5 Å². The highest BCUT2D eigenvalue weighted by atomic mass is 31.2. The van der Waals surface area contributed by atoms with Crippen LogP contribution in [0.2, 0.25) is 0 Å². The molecule has 3 rings (SSSR count). The summed E-state index contributed by atoms with van der Waals surface area (Å²) in [6, 6.07) is -4.15. The summed E-state index contributed by atoms with van der Waals surface area (Å²) in [4.78, 5) is 26.5. The Kier molecular flexibility index (Phi) is 12.1. The molecule has 3 fully saturated rings. The van der Waals surface area contributed by atoms with E-state index in [0.29, 0.717) is 0 Å². The van der Waals surface area contributed by atoms with E-state index in [1.54, 1.807) is 6.92 Å². The Labute approximate surface area is 245 Å². The minimum absolute atomic E-state index is 0.496. The molecule has 0 radical (unpaired) electrons. The van der Waals surface area contributed by atoms with E-state index >= 15 is 0 Å². The molecule has 22 heteroatoms. The molecule has 43 heavy (non-hydrogen) atoms. The number of hydrogen-bond donors (Lipinski definition) is 13. The summed E-state index contributed by atoms with van der Waals surface area (Å²) < 4.78 is 40.0. The van der Waals surface area contributed by atoms with Gasteiger partial charge in [0.25, 0.3) is 0 Å². The van der Waals surface area contributed by atoms with Gasteiger partial charge in [0, 0.05) is 5.92 Å². The van der Waals surface area contributed by atoms with Crippen LogP contribution >= 0.6 is 7.82 Å². The minimum atomic E-state index is -5.15. The summed E-state index contributed by atoms with van der Waals surface area (Å²) in [5, 5.41) is 65.8. The number of aliphatic hydroxyl groups excluding tert-OH is 6. The molecule has 0 unspecified atom stereocenters. The SMILES string of the molecule is CN[C@@H]1[C@H](O[C@H]2[C@H](O[C@H]3[C@H](O)[C@@H](O)[C@H](N=C(N)N)[C@@H](O)[C@@H]3N=C(N)N)O[C@@H](C)[C@@H]2CO)O[C@@H](CO)[C@H](O)[C@H]1OP(=O)(O)O. The lowest BCUT2D eigenvalue weighted by Crippen LogP contribution is -2.66. The summed E-state index contributed by atoms with van der Waals surface area (Å²) in [5.41, 5.74) is 21.9. The van der Waals surface area contributed by atoms with Crippen molar-refractivity contribution in [2.75, 3.05) is 20.3 Å². The van der Waals surface area contributed by atoms with Gasteiger partial charge in [0.1, 0.15) is 60.9 Å². The van der Waals surface area contributed by atoms with Gasteiger partial charge in [-0.3, -0.25) is 4.52 Å². The lowest BCUT2D eigenvalue weighted by molar-refractivity contribution is -0.308. The van der Waals surface area contributed by atoms with Gasteiger partial charge >= 0.3 is 7.82 Å². The monoisotopic (exact) mass is 647 g/mol. The number of nitrogens with two attached hydrogens (primary N) is 4. The number of rotatable bonds is 11. The number of phosphoric acid groups is 1. The molecule has 3 aliphatic rings. The van der Waals surface area contributed by atoms with E-state index in [4.69, 9.17) is 46.4 Å². The Morgan fingerprint density at radius 2 is 1.40 bits per heavy atom. The van der Waals surface area contributed by atoms with Crippen molar-refractivity contribution in [3.63, 3.8) is 0 Å². The fourth-order valence-electron chi connectivity index (χ4n) is 5.47. The standard InChI is InChI=1S/C21H42N7O14P/c1-5-6(3-29)15(40-18-10(26-2)17(42-43(35,36)37)11(31)7(4-30)39-18)19(38-5)41-16-9(28-21(24)25)12(32)8(27-20(22)23)13(33)14(16)34/h5-19,26,29-34H,3-4H2,1-2H3,(H4,22,23,27)(H4,24,25,28)(H2,35,36,37)/t5-,6-,7-,8+,9-,10-,11-,12+,13-,14+,15+,16+,17-,18-,19-/m0/s1. The van der Waals surface area contributed by atoms with Crippen LogP contribution in [0.1, 0.15) is 6.92 Å². The first-order chi connectivity index (χ1) is 20.0. The van der Waals surface area contributed by atoms with Gasteiger partial charge in [0.2, 0.25) is 0 Å². The molecule has 2 heterocycles. The topological polar surface area (TPSA) is 366 Å². The predicted octanol–water partition coefficient (Wildman–Crippen LogP) is -7.37. The van der Waals surface area contributed by atoms with E-state index in [0.717, 1.165) is 0 Å². The van der Waals surface area contributed by atoms with Crippen LogP contribution in [0.4, 0.5) is 0 Å². The van der Waals surface area contributed by atoms with Crippen LogP contribution in [0, 0.1) is 5.92 Å². The van der Waals surface area contributed by atoms with Crippen LogP contribution in [-0.2, 0) is 28.0 Å². The number of aliphatic imine (C=N–C) groups is 2. The first-order valence-corrected chi connectivity index (χ1v) is 14.7. The molecule has 21 nitrogen and oxygen atoms in total. The van der Waals surface area contributed by atoms with E-state index in [1.807, 2.05) is 0 Å². The van der Waals surface area contributed by atoms with Crippen LogP contribution in [-0.4, -0.2) is 158 Å². The van der Waals surface area contributed by atoms with Crippen molar-refractivity contribution in [3.05, 3.63) is 0 Å². The summed E-state index contributed by atoms with van der Waals surface area (Å²) in [5.74, 6) is -1.84. The highest BCUT2D eigenvalue weighted by molar-refractivity contribution is 7.46. The van der Waals surface area contributed by atoms with Crippen LogP contribution in [0.15, 0.2) is 9.98 Å². The third-order valence-electron chi connectivity index (χ3n) is 7.55.